The molecule has 0 saturated heterocycles. The predicted octanol–water partition coefficient (Wildman–Crippen LogP) is 3.40. The van der Waals surface area contributed by atoms with Gasteiger partial charge in [-0.05, 0) is 82.4 Å². The molecule has 0 aromatic rings. The van der Waals surface area contributed by atoms with Gasteiger partial charge in [-0.2, -0.15) is 0 Å². The van der Waals surface area contributed by atoms with Crippen molar-refractivity contribution in [1.82, 2.24) is 0 Å². The highest BCUT2D eigenvalue weighted by atomic mass is 16.5. The van der Waals surface area contributed by atoms with Gasteiger partial charge in [0.15, 0.2) is 5.78 Å². The zero-order chi connectivity index (χ0) is 24.8. The lowest BCUT2D eigenvalue weighted by atomic mass is 9.44. The Hall–Kier alpha value is -1.76. The van der Waals surface area contributed by atoms with E-state index < -0.39 is 34.2 Å². The number of rotatable bonds is 2. The van der Waals surface area contributed by atoms with Gasteiger partial charge >= 0.3 is 5.97 Å². The van der Waals surface area contributed by atoms with Gasteiger partial charge in [0, 0.05) is 23.3 Å². The summed E-state index contributed by atoms with van der Waals surface area (Å²) in [6.45, 7) is 9.56. The molecule has 0 amide bonds. The van der Waals surface area contributed by atoms with E-state index in [1.807, 2.05) is 33.8 Å². The molecule has 2 fully saturated rings. The second kappa shape index (κ2) is 7.37. The highest BCUT2D eigenvalue weighted by Gasteiger charge is 2.73. The van der Waals surface area contributed by atoms with Gasteiger partial charge in [0.2, 0.25) is 0 Å². The molecule has 0 aromatic heterocycles. The molecule has 5 rings (SSSR count). The maximum Gasteiger partial charge on any atom is 0.333 e. The SMILES string of the molecule is CC1=C(C)C(=O)OC([C@@H](C)[C@@]2(O)CC[C@@]3(O)C4CC=C5[C@@H](O)C=CC(=O)[C@]5(C)C4CC[C@@]32C)C1. The molecule has 3 unspecified atom stereocenters. The Bertz CT molecular complexity index is 1040. The third-order valence-electron chi connectivity index (χ3n) is 11.1. The summed E-state index contributed by atoms with van der Waals surface area (Å²) in [6, 6.07) is 0. The number of esters is 1. The monoisotopic (exact) mass is 470 g/mol. The van der Waals surface area contributed by atoms with E-state index in [9.17, 15) is 24.9 Å². The van der Waals surface area contributed by atoms with Crippen molar-refractivity contribution < 1.29 is 29.6 Å². The van der Waals surface area contributed by atoms with Crippen LogP contribution in [0.5, 0.6) is 0 Å². The van der Waals surface area contributed by atoms with Gasteiger partial charge < -0.3 is 20.1 Å². The molecule has 6 nitrogen and oxygen atoms in total. The van der Waals surface area contributed by atoms with Crippen LogP contribution in [0.1, 0.15) is 73.1 Å². The largest absolute Gasteiger partial charge is 0.458 e. The second-order valence-electron chi connectivity index (χ2n) is 12.0. The summed E-state index contributed by atoms with van der Waals surface area (Å²) < 4.78 is 5.76. The fraction of sp³-hybridized carbons (Fsp3) is 0.714. The van der Waals surface area contributed by atoms with E-state index in [2.05, 4.69) is 0 Å². The molecule has 0 bridgehead atoms. The van der Waals surface area contributed by atoms with Gasteiger partial charge in [-0.1, -0.05) is 25.5 Å². The van der Waals surface area contributed by atoms with Crippen LogP contribution in [0.15, 0.2) is 34.9 Å². The molecule has 4 aliphatic carbocycles. The smallest absolute Gasteiger partial charge is 0.333 e. The van der Waals surface area contributed by atoms with Crippen LogP contribution in [0, 0.1) is 28.6 Å². The summed E-state index contributed by atoms with van der Waals surface area (Å²) in [5.41, 5.74) is -1.62. The number of aliphatic hydroxyl groups is 3. The molecule has 0 spiro atoms. The third kappa shape index (κ3) is 2.73. The molecular weight excluding hydrogens is 432 g/mol. The molecule has 3 N–H and O–H groups in total. The number of aliphatic hydroxyl groups excluding tert-OH is 1. The van der Waals surface area contributed by atoms with E-state index in [-0.39, 0.29) is 29.5 Å². The number of carbonyl (C=O) groups is 2. The van der Waals surface area contributed by atoms with E-state index in [1.54, 1.807) is 13.0 Å². The Balaban J connectivity index is 1.50. The van der Waals surface area contributed by atoms with Gasteiger partial charge in [-0.3, -0.25) is 4.79 Å². The standard InChI is InChI=1S/C28H38O6/c1-15-14-22(34-24(31)16(15)2)17(3)27(32)12-13-28(33)19-6-7-20-21(29)8-9-23(30)26(20,5)18(19)10-11-25(27,28)4/h7-9,17-19,21-22,29,32-33H,6,10-14H2,1-5H3/t17-,18?,19?,21+,22?,25-,26-,27+,28-/m1/s1. The first-order valence-corrected chi connectivity index (χ1v) is 12.7. The molecule has 2 saturated carbocycles. The molecule has 1 aliphatic heterocycles. The minimum atomic E-state index is -1.20. The van der Waals surface area contributed by atoms with Crippen LogP contribution in [0.4, 0.5) is 0 Å². The number of ketones is 1. The number of cyclic esters (lactones) is 1. The maximum absolute atomic E-state index is 13.1. The molecule has 186 valence electrons. The Morgan fingerprint density at radius 1 is 1.09 bits per heavy atom. The zero-order valence-corrected chi connectivity index (χ0v) is 20.9. The highest BCUT2D eigenvalue weighted by molar-refractivity contribution is 5.99. The lowest BCUT2D eigenvalue weighted by Crippen LogP contribution is -2.67. The molecule has 5 aliphatic rings. The molecule has 1 heterocycles. The van der Waals surface area contributed by atoms with Gasteiger partial charge in [0.25, 0.3) is 0 Å². The zero-order valence-electron chi connectivity index (χ0n) is 20.9. The first-order valence-electron chi connectivity index (χ1n) is 12.7. The van der Waals surface area contributed by atoms with Crippen LogP contribution in [-0.4, -0.2) is 50.5 Å². The van der Waals surface area contributed by atoms with Crippen molar-refractivity contribution in [3.8, 4) is 0 Å². The van der Waals surface area contributed by atoms with Crippen molar-refractivity contribution in [2.45, 2.75) is 96.6 Å². The lowest BCUT2D eigenvalue weighted by molar-refractivity contribution is -0.233. The predicted molar refractivity (Wildman–Crippen MR) is 126 cm³/mol. The number of ether oxygens (including phenoxy) is 1. The van der Waals surface area contributed by atoms with E-state index in [0.29, 0.717) is 44.1 Å². The molecule has 0 aromatic carbocycles. The number of hydrogen-bond acceptors (Lipinski definition) is 6. The average molecular weight is 471 g/mol. The van der Waals surface area contributed by atoms with E-state index in [4.69, 9.17) is 4.74 Å². The Morgan fingerprint density at radius 2 is 1.79 bits per heavy atom. The summed E-state index contributed by atoms with van der Waals surface area (Å²) in [5, 5.41) is 35.2. The normalized spacial score (nSPS) is 49.1. The Labute approximate surface area is 201 Å². The molecular formula is C28H38O6. The van der Waals surface area contributed by atoms with Crippen LogP contribution >= 0.6 is 0 Å². The highest BCUT2D eigenvalue weighted by Crippen LogP contribution is 2.69. The maximum atomic E-state index is 13.1. The van der Waals surface area contributed by atoms with Crippen molar-refractivity contribution in [3.05, 3.63) is 34.9 Å². The van der Waals surface area contributed by atoms with Crippen LogP contribution in [-0.2, 0) is 14.3 Å². The molecule has 0 radical (unpaired) electrons. The van der Waals surface area contributed by atoms with Crippen molar-refractivity contribution in [2.75, 3.05) is 0 Å². The lowest BCUT2D eigenvalue weighted by Gasteiger charge is -2.62. The van der Waals surface area contributed by atoms with Crippen LogP contribution in [0.2, 0.25) is 0 Å². The van der Waals surface area contributed by atoms with Crippen molar-refractivity contribution >= 4 is 11.8 Å². The number of carbonyl (C=O) groups excluding carboxylic acids is 2. The van der Waals surface area contributed by atoms with Gasteiger partial charge in [0.05, 0.1) is 22.7 Å². The van der Waals surface area contributed by atoms with E-state index in [1.165, 1.54) is 6.08 Å². The number of fused-ring (bicyclic) bond motifs is 5. The van der Waals surface area contributed by atoms with Gasteiger partial charge in [-0.15, -0.1) is 0 Å². The Kier molecular flexibility index (Phi) is 5.20. The molecule has 6 heteroatoms. The van der Waals surface area contributed by atoms with Crippen molar-refractivity contribution in [1.29, 1.82) is 0 Å². The van der Waals surface area contributed by atoms with Gasteiger partial charge in [-0.25, -0.2) is 4.79 Å². The minimum absolute atomic E-state index is 0.0145. The van der Waals surface area contributed by atoms with E-state index >= 15 is 0 Å². The van der Waals surface area contributed by atoms with Crippen molar-refractivity contribution in [2.24, 2.45) is 28.6 Å². The van der Waals surface area contributed by atoms with Crippen LogP contribution in [0.3, 0.4) is 0 Å². The van der Waals surface area contributed by atoms with Crippen LogP contribution < -0.4 is 0 Å². The van der Waals surface area contributed by atoms with E-state index in [0.717, 1.165) is 11.1 Å². The third-order valence-corrected chi connectivity index (χ3v) is 11.1. The summed E-state index contributed by atoms with van der Waals surface area (Å²) in [4.78, 5) is 25.5. The Morgan fingerprint density at radius 3 is 2.47 bits per heavy atom. The quantitative estimate of drug-likeness (QED) is 0.422. The molecule has 34 heavy (non-hydrogen) atoms. The number of allylic oxidation sites excluding steroid dienone is 2. The summed E-state index contributed by atoms with van der Waals surface area (Å²) in [5.74, 6) is -0.982. The topological polar surface area (TPSA) is 104 Å². The first kappa shape index (κ1) is 24.0. The first-order chi connectivity index (χ1) is 15.8. The molecule has 9 atom stereocenters. The van der Waals surface area contributed by atoms with Gasteiger partial charge in [0.1, 0.15) is 6.10 Å². The summed E-state index contributed by atoms with van der Waals surface area (Å²) in [7, 11) is 0. The second-order valence-corrected chi connectivity index (χ2v) is 12.0. The van der Waals surface area contributed by atoms with Crippen molar-refractivity contribution in [3.63, 3.8) is 0 Å². The minimum Gasteiger partial charge on any atom is -0.458 e. The average Bonchev–Trinajstić information content (AvgIpc) is 3.01. The number of hydrogen-bond donors (Lipinski definition) is 3. The fourth-order valence-electron chi connectivity index (χ4n) is 8.47. The van der Waals surface area contributed by atoms with Crippen LogP contribution in [0.25, 0.3) is 0 Å². The summed E-state index contributed by atoms with van der Waals surface area (Å²) in [6.07, 6.45) is 7.06. The summed E-state index contributed by atoms with van der Waals surface area (Å²) >= 11 is 0. The fourth-order valence-corrected chi connectivity index (χ4v) is 8.47.